The second kappa shape index (κ2) is 9.79. The maximum atomic E-state index is 5.66. The van der Waals surface area contributed by atoms with Crippen LogP contribution in [0.5, 0.6) is 28.7 Å². The summed E-state index contributed by atoms with van der Waals surface area (Å²) in [5.74, 6) is 3.36. The Morgan fingerprint density at radius 3 is 1.94 bits per heavy atom. The Balaban J connectivity index is 1.54. The molecule has 0 atom stereocenters. The SMILES string of the molecule is COc1cc(OC)c(-c2cncn2-c2ccc(-c3nc4cc(OC)cc(OC)c4s3)cc2)c(OC)c1. The van der Waals surface area contributed by atoms with Gasteiger partial charge in [-0.05, 0) is 24.3 Å². The van der Waals surface area contributed by atoms with Gasteiger partial charge in [0.1, 0.15) is 33.8 Å². The van der Waals surface area contributed by atoms with E-state index in [-0.39, 0.29) is 0 Å². The Labute approximate surface area is 212 Å². The third kappa shape index (κ3) is 4.07. The predicted molar refractivity (Wildman–Crippen MR) is 140 cm³/mol. The average molecular weight is 504 g/mol. The van der Waals surface area contributed by atoms with E-state index in [0.29, 0.717) is 23.0 Å². The van der Waals surface area contributed by atoms with Crippen LogP contribution in [0.2, 0.25) is 0 Å². The molecule has 0 aliphatic heterocycles. The zero-order valence-electron chi connectivity index (χ0n) is 20.6. The van der Waals surface area contributed by atoms with E-state index < -0.39 is 0 Å². The molecule has 3 aromatic carbocycles. The number of rotatable bonds is 8. The molecule has 0 N–H and O–H groups in total. The summed E-state index contributed by atoms with van der Waals surface area (Å²) in [6.45, 7) is 0. The molecule has 0 amide bonds. The molecule has 5 rings (SSSR count). The Hall–Kier alpha value is -4.24. The highest BCUT2D eigenvalue weighted by atomic mass is 32.1. The van der Waals surface area contributed by atoms with Crippen LogP contribution in [0.15, 0.2) is 61.1 Å². The summed E-state index contributed by atoms with van der Waals surface area (Å²) in [5.41, 5.74) is 4.39. The van der Waals surface area contributed by atoms with Gasteiger partial charge in [-0.25, -0.2) is 9.97 Å². The molecule has 2 aromatic heterocycles. The number of imidazole rings is 1. The lowest BCUT2D eigenvalue weighted by Crippen LogP contribution is -2.00. The molecule has 0 fully saturated rings. The summed E-state index contributed by atoms with van der Waals surface area (Å²) in [6.07, 6.45) is 3.55. The van der Waals surface area contributed by atoms with Crippen LogP contribution in [0.4, 0.5) is 0 Å². The second-order valence-corrected chi connectivity index (χ2v) is 8.80. The highest BCUT2D eigenvalue weighted by Crippen LogP contribution is 2.43. The Kier molecular flexibility index (Phi) is 6.39. The lowest BCUT2D eigenvalue weighted by atomic mass is 10.1. The third-order valence-corrected chi connectivity index (χ3v) is 7.02. The highest BCUT2D eigenvalue weighted by molar-refractivity contribution is 7.22. The van der Waals surface area contributed by atoms with Gasteiger partial charge in [-0.3, -0.25) is 4.57 Å². The van der Waals surface area contributed by atoms with Crippen molar-refractivity contribution in [1.82, 2.24) is 14.5 Å². The molecule has 9 heteroatoms. The quantitative estimate of drug-likeness (QED) is 0.263. The molecule has 0 unspecified atom stereocenters. The molecule has 0 saturated heterocycles. The molecule has 36 heavy (non-hydrogen) atoms. The monoisotopic (exact) mass is 503 g/mol. The van der Waals surface area contributed by atoms with Crippen LogP contribution in [0.25, 0.3) is 37.7 Å². The zero-order valence-corrected chi connectivity index (χ0v) is 21.4. The molecule has 0 aliphatic rings. The first-order valence-electron chi connectivity index (χ1n) is 11.1. The summed E-state index contributed by atoms with van der Waals surface area (Å²) in [6, 6.07) is 15.6. The van der Waals surface area contributed by atoms with Gasteiger partial charge >= 0.3 is 0 Å². The highest BCUT2D eigenvalue weighted by Gasteiger charge is 2.20. The first-order chi connectivity index (χ1) is 17.6. The van der Waals surface area contributed by atoms with E-state index in [1.165, 1.54) is 0 Å². The molecule has 8 nitrogen and oxygen atoms in total. The third-order valence-electron chi connectivity index (χ3n) is 5.89. The van der Waals surface area contributed by atoms with Crippen LogP contribution in [0, 0.1) is 0 Å². The molecular weight excluding hydrogens is 478 g/mol. The van der Waals surface area contributed by atoms with Crippen LogP contribution in [0.3, 0.4) is 0 Å². The molecular formula is C27H25N3O5S. The van der Waals surface area contributed by atoms with E-state index in [2.05, 4.69) is 4.98 Å². The summed E-state index contributed by atoms with van der Waals surface area (Å²) < 4.78 is 30.6. The van der Waals surface area contributed by atoms with Crippen LogP contribution in [0.1, 0.15) is 0 Å². The van der Waals surface area contributed by atoms with Crippen molar-refractivity contribution in [3.05, 3.63) is 61.1 Å². The van der Waals surface area contributed by atoms with Gasteiger partial charge in [-0.2, -0.15) is 0 Å². The van der Waals surface area contributed by atoms with Crippen LogP contribution < -0.4 is 23.7 Å². The van der Waals surface area contributed by atoms with E-state index in [1.54, 1.807) is 59.4 Å². The van der Waals surface area contributed by atoms with Gasteiger partial charge in [0.05, 0.1) is 69.5 Å². The van der Waals surface area contributed by atoms with Gasteiger partial charge in [0, 0.05) is 35.5 Å². The fraction of sp³-hybridized carbons (Fsp3) is 0.185. The van der Waals surface area contributed by atoms with E-state index in [1.807, 2.05) is 53.1 Å². The molecule has 0 radical (unpaired) electrons. The number of hydrogen-bond acceptors (Lipinski definition) is 8. The van der Waals surface area contributed by atoms with E-state index in [0.717, 1.165) is 43.5 Å². The number of hydrogen-bond donors (Lipinski definition) is 0. The molecule has 0 spiro atoms. The summed E-state index contributed by atoms with van der Waals surface area (Å²) in [5, 5.41) is 0.896. The van der Waals surface area contributed by atoms with Crippen LogP contribution >= 0.6 is 11.3 Å². The molecule has 184 valence electrons. The van der Waals surface area contributed by atoms with Crippen molar-refractivity contribution in [2.75, 3.05) is 35.5 Å². The summed E-state index contributed by atoms with van der Waals surface area (Å²) in [4.78, 5) is 9.21. The Bertz CT molecular complexity index is 1500. The second-order valence-electron chi connectivity index (χ2n) is 7.80. The van der Waals surface area contributed by atoms with Crippen LogP contribution in [-0.2, 0) is 0 Å². The number of benzene rings is 3. The number of fused-ring (bicyclic) bond motifs is 1. The number of ether oxygens (including phenoxy) is 5. The summed E-state index contributed by atoms with van der Waals surface area (Å²) >= 11 is 1.58. The molecule has 5 aromatic rings. The van der Waals surface area contributed by atoms with Gasteiger partial charge in [0.2, 0.25) is 0 Å². The maximum absolute atomic E-state index is 5.66. The first-order valence-corrected chi connectivity index (χ1v) is 11.9. The van der Waals surface area contributed by atoms with Crippen molar-refractivity contribution in [2.45, 2.75) is 0 Å². The molecule has 0 saturated carbocycles. The van der Waals surface area contributed by atoms with E-state index >= 15 is 0 Å². The van der Waals surface area contributed by atoms with Crippen LogP contribution in [-0.4, -0.2) is 50.1 Å². The van der Waals surface area contributed by atoms with Gasteiger partial charge in [0.25, 0.3) is 0 Å². The topological polar surface area (TPSA) is 76.9 Å². The van der Waals surface area contributed by atoms with Crippen molar-refractivity contribution in [3.8, 4) is 56.3 Å². The average Bonchev–Trinajstić information content (AvgIpc) is 3.59. The normalized spacial score (nSPS) is 10.9. The number of aromatic nitrogens is 3. The molecule has 0 aliphatic carbocycles. The van der Waals surface area contributed by atoms with Crippen molar-refractivity contribution >= 4 is 21.6 Å². The van der Waals surface area contributed by atoms with Gasteiger partial charge < -0.3 is 23.7 Å². The predicted octanol–water partition coefficient (Wildman–Crippen LogP) is 5.86. The van der Waals surface area contributed by atoms with E-state index in [4.69, 9.17) is 28.7 Å². The van der Waals surface area contributed by atoms with Gasteiger partial charge in [-0.15, -0.1) is 11.3 Å². The lowest BCUT2D eigenvalue weighted by molar-refractivity contribution is 0.377. The fourth-order valence-corrected chi connectivity index (χ4v) is 5.12. The summed E-state index contributed by atoms with van der Waals surface area (Å²) in [7, 11) is 8.13. The minimum Gasteiger partial charge on any atom is -0.497 e. The number of methoxy groups -OCH3 is 5. The maximum Gasteiger partial charge on any atom is 0.142 e. The number of thiazole rings is 1. The van der Waals surface area contributed by atoms with Crippen molar-refractivity contribution < 1.29 is 23.7 Å². The minimum atomic E-state index is 0.628. The Morgan fingerprint density at radius 1 is 0.722 bits per heavy atom. The first kappa shape index (κ1) is 23.5. The van der Waals surface area contributed by atoms with Crippen molar-refractivity contribution in [2.24, 2.45) is 0 Å². The Morgan fingerprint density at radius 2 is 1.33 bits per heavy atom. The smallest absolute Gasteiger partial charge is 0.142 e. The fourth-order valence-electron chi connectivity index (χ4n) is 4.08. The standard InChI is InChI=1S/C27H25N3O5S/c1-31-18-10-20-26(24(13-18)35-5)36-27(29-20)16-6-8-17(9-7-16)30-15-28-14-21(30)25-22(33-3)11-19(32-2)12-23(25)34-4/h6-15H,1-5H3. The van der Waals surface area contributed by atoms with Crippen molar-refractivity contribution in [3.63, 3.8) is 0 Å². The lowest BCUT2D eigenvalue weighted by Gasteiger charge is -2.16. The largest absolute Gasteiger partial charge is 0.497 e. The molecule has 0 bridgehead atoms. The van der Waals surface area contributed by atoms with Gasteiger partial charge in [0.15, 0.2) is 0 Å². The molecule has 2 heterocycles. The number of nitrogens with zero attached hydrogens (tertiary/aromatic N) is 3. The minimum absolute atomic E-state index is 0.628. The van der Waals surface area contributed by atoms with Gasteiger partial charge in [-0.1, -0.05) is 0 Å². The van der Waals surface area contributed by atoms with Crippen molar-refractivity contribution in [1.29, 1.82) is 0 Å². The van der Waals surface area contributed by atoms with E-state index in [9.17, 15) is 0 Å². The zero-order chi connectivity index (χ0) is 25.2.